The van der Waals surface area contributed by atoms with Crippen LogP contribution in [0.4, 0.5) is 11.6 Å². The highest BCUT2D eigenvalue weighted by Gasteiger charge is 2.25. The molecule has 3 aromatic rings. The number of hydrogen-bond acceptors (Lipinski definition) is 7. The lowest BCUT2D eigenvalue weighted by atomic mass is 9.95. The number of piperidine rings is 1. The molecule has 1 aromatic carbocycles. The Kier molecular flexibility index (Phi) is 7.99. The molecule has 0 aliphatic carbocycles. The monoisotopic (exact) mass is 477 g/mol. The molecule has 9 heteroatoms. The molecular formula is C26H35N7O2. The molecule has 0 bridgehead atoms. The van der Waals surface area contributed by atoms with Gasteiger partial charge in [-0.1, -0.05) is 18.2 Å². The van der Waals surface area contributed by atoms with E-state index in [1.165, 1.54) is 6.08 Å². The highest BCUT2D eigenvalue weighted by molar-refractivity contribution is 5.90. The van der Waals surface area contributed by atoms with Gasteiger partial charge in [0.2, 0.25) is 5.91 Å². The lowest BCUT2D eigenvalue weighted by molar-refractivity contribution is -0.113. The number of carbonyl (C=O) groups excluding carboxylic acids is 1. The number of nitrogens with zero attached hydrogens (tertiary/aromatic N) is 4. The van der Waals surface area contributed by atoms with Crippen molar-refractivity contribution >= 4 is 29.3 Å². The van der Waals surface area contributed by atoms with Crippen LogP contribution in [0.25, 0.3) is 11.7 Å². The molecule has 1 aliphatic rings. The maximum absolute atomic E-state index is 11.1. The van der Waals surface area contributed by atoms with Gasteiger partial charge in [-0.05, 0) is 56.1 Å². The largest absolute Gasteiger partial charge is 0.380 e. The highest BCUT2D eigenvalue weighted by atomic mass is 16.5. The van der Waals surface area contributed by atoms with Gasteiger partial charge < -0.3 is 26.0 Å². The summed E-state index contributed by atoms with van der Waals surface area (Å²) in [7, 11) is 1.77. The van der Waals surface area contributed by atoms with Gasteiger partial charge in [-0.3, -0.25) is 4.79 Å². The number of hydrogen-bond donors (Lipinski definition) is 3. The van der Waals surface area contributed by atoms with Crippen LogP contribution < -0.4 is 21.3 Å². The molecule has 4 rings (SSSR count). The summed E-state index contributed by atoms with van der Waals surface area (Å²) in [6, 6.07) is 12.3. The third-order valence-corrected chi connectivity index (χ3v) is 6.41. The maximum atomic E-state index is 11.1. The van der Waals surface area contributed by atoms with E-state index in [0.29, 0.717) is 12.5 Å². The van der Waals surface area contributed by atoms with E-state index in [9.17, 15) is 4.79 Å². The molecule has 4 N–H and O–H groups in total. The summed E-state index contributed by atoms with van der Waals surface area (Å²) in [5.41, 5.74) is 8.09. The predicted molar refractivity (Wildman–Crippen MR) is 139 cm³/mol. The molecule has 1 amide bonds. The van der Waals surface area contributed by atoms with E-state index in [1.807, 2.05) is 35.0 Å². The number of fused-ring (bicyclic) bond motifs is 1. The molecule has 9 nitrogen and oxygen atoms in total. The van der Waals surface area contributed by atoms with Crippen molar-refractivity contribution in [2.24, 2.45) is 11.7 Å². The minimum absolute atomic E-state index is 0.201. The number of carbonyl (C=O) groups is 1. The van der Waals surface area contributed by atoms with E-state index in [4.69, 9.17) is 15.6 Å². The van der Waals surface area contributed by atoms with Crippen LogP contribution in [0.15, 0.2) is 48.7 Å². The molecule has 0 unspecified atom stereocenters. The molecule has 35 heavy (non-hydrogen) atoms. The van der Waals surface area contributed by atoms with Gasteiger partial charge in [0, 0.05) is 57.0 Å². The number of benzene rings is 1. The van der Waals surface area contributed by atoms with Gasteiger partial charge in [0.25, 0.3) is 0 Å². The van der Waals surface area contributed by atoms with Crippen molar-refractivity contribution in [2.75, 3.05) is 37.0 Å². The molecule has 3 heterocycles. The van der Waals surface area contributed by atoms with Crippen molar-refractivity contribution in [1.29, 1.82) is 0 Å². The van der Waals surface area contributed by atoms with Crippen LogP contribution in [-0.4, -0.2) is 59.4 Å². The van der Waals surface area contributed by atoms with Crippen LogP contribution in [0, 0.1) is 5.92 Å². The van der Waals surface area contributed by atoms with Gasteiger partial charge in [0.15, 0.2) is 11.5 Å². The number of methoxy groups -OCH3 is 1. The topological polar surface area (TPSA) is 110 Å². The first-order valence-electron chi connectivity index (χ1n) is 12.1. The highest BCUT2D eigenvalue weighted by Crippen LogP contribution is 2.24. The van der Waals surface area contributed by atoms with Crippen molar-refractivity contribution < 1.29 is 9.53 Å². The molecular weight excluding hydrogens is 442 g/mol. The first kappa shape index (κ1) is 24.7. The molecule has 0 radical (unpaired) electrons. The Bertz CT molecular complexity index is 1170. The SMILES string of the molecule is CO[C@H]1CNCC[C@@H]1CNc1cc2nccc(N(Cc3cccc(/C=C/C(N)=O)c3)C(C)C)n2n1. The van der Waals surface area contributed by atoms with E-state index >= 15 is 0 Å². The van der Waals surface area contributed by atoms with Gasteiger partial charge in [-0.25, -0.2) is 4.98 Å². The fourth-order valence-electron chi connectivity index (χ4n) is 4.51. The van der Waals surface area contributed by atoms with Crippen LogP contribution in [0.2, 0.25) is 0 Å². The van der Waals surface area contributed by atoms with E-state index in [0.717, 1.165) is 54.5 Å². The first-order chi connectivity index (χ1) is 16.9. The standard InChI is InChI=1S/C26H35N7O2/c1-18(2)32(17-20-6-4-5-19(13-20)7-8-23(27)34)26-10-12-29-25-14-24(31-33(25)26)30-15-21-9-11-28-16-22(21)35-3/h4-8,10,12-14,18,21-22,28H,9,11,15-17H2,1-3H3,(H2,27,34)(H,30,31)/b8-7+/t21-,22+/m1/s1. The predicted octanol–water partition coefficient (Wildman–Crippen LogP) is 2.68. The third kappa shape index (κ3) is 6.17. The number of rotatable bonds is 10. The Labute approximate surface area is 206 Å². The van der Waals surface area contributed by atoms with Gasteiger partial charge in [0.1, 0.15) is 5.82 Å². The molecule has 0 spiro atoms. The number of amides is 1. The molecule has 1 fully saturated rings. The molecule has 0 saturated carbocycles. The van der Waals surface area contributed by atoms with Crippen molar-refractivity contribution in [3.63, 3.8) is 0 Å². The number of primary amides is 1. The summed E-state index contributed by atoms with van der Waals surface area (Å²) in [6.45, 7) is 7.69. The second-order valence-corrected chi connectivity index (χ2v) is 9.21. The van der Waals surface area contributed by atoms with Gasteiger partial charge >= 0.3 is 0 Å². The van der Waals surface area contributed by atoms with Crippen molar-refractivity contribution in [1.82, 2.24) is 19.9 Å². The lowest BCUT2D eigenvalue weighted by Crippen LogP contribution is -2.44. The average molecular weight is 478 g/mol. The van der Waals surface area contributed by atoms with Crippen LogP contribution in [0.1, 0.15) is 31.4 Å². The molecule has 1 saturated heterocycles. The smallest absolute Gasteiger partial charge is 0.241 e. The van der Waals surface area contributed by atoms with Crippen LogP contribution >= 0.6 is 0 Å². The van der Waals surface area contributed by atoms with E-state index in [-0.39, 0.29) is 12.1 Å². The van der Waals surface area contributed by atoms with Gasteiger partial charge in [-0.2, -0.15) is 4.52 Å². The number of ether oxygens (including phenoxy) is 1. The second-order valence-electron chi connectivity index (χ2n) is 9.21. The lowest BCUT2D eigenvalue weighted by Gasteiger charge is -2.31. The third-order valence-electron chi connectivity index (χ3n) is 6.41. The normalized spacial score (nSPS) is 18.4. The number of anilines is 2. The molecule has 186 valence electrons. The number of aromatic nitrogens is 3. The Balaban J connectivity index is 1.55. The molecule has 2 atom stereocenters. The minimum atomic E-state index is -0.459. The van der Waals surface area contributed by atoms with E-state index in [1.54, 1.807) is 13.2 Å². The van der Waals surface area contributed by atoms with Gasteiger partial charge in [-0.15, -0.1) is 5.10 Å². The summed E-state index contributed by atoms with van der Waals surface area (Å²) in [5.74, 6) is 1.74. The zero-order valence-corrected chi connectivity index (χ0v) is 20.6. The Morgan fingerprint density at radius 2 is 2.23 bits per heavy atom. The van der Waals surface area contributed by atoms with Crippen molar-refractivity contribution in [2.45, 2.75) is 39.0 Å². The number of nitrogens with two attached hydrogens (primary N) is 1. The quantitative estimate of drug-likeness (QED) is 0.385. The van der Waals surface area contributed by atoms with Crippen LogP contribution in [0.5, 0.6) is 0 Å². The van der Waals surface area contributed by atoms with E-state index < -0.39 is 5.91 Å². The summed E-state index contributed by atoms with van der Waals surface area (Å²) in [6.07, 6.45) is 6.20. The Morgan fingerprint density at radius 1 is 1.37 bits per heavy atom. The van der Waals surface area contributed by atoms with Crippen molar-refractivity contribution in [3.05, 3.63) is 59.8 Å². The zero-order chi connectivity index (χ0) is 24.8. The average Bonchev–Trinajstić information content (AvgIpc) is 3.28. The van der Waals surface area contributed by atoms with E-state index in [2.05, 4.69) is 46.5 Å². The second kappa shape index (κ2) is 11.3. The van der Waals surface area contributed by atoms with Crippen LogP contribution in [0.3, 0.4) is 0 Å². The number of nitrogens with one attached hydrogen (secondary N) is 2. The summed E-state index contributed by atoms with van der Waals surface area (Å²) in [5, 5.41) is 11.7. The first-order valence-corrected chi connectivity index (χ1v) is 12.1. The van der Waals surface area contributed by atoms with Crippen molar-refractivity contribution in [3.8, 4) is 0 Å². The van der Waals surface area contributed by atoms with Gasteiger partial charge in [0.05, 0.1) is 6.10 Å². The fourth-order valence-corrected chi connectivity index (χ4v) is 4.51. The summed E-state index contributed by atoms with van der Waals surface area (Å²) in [4.78, 5) is 17.9. The Morgan fingerprint density at radius 3 is 3.00 bits per heavy atom. The molecule has 1 aliphatic heterocycles. The maximum Gasteiger partial charge on any atom is 0.241 e. The van der Waals surface area contributed by atoms with Crippen LogP contribution in [-0.2, 0) is 16.1 Å². The minimum Gasteiger partial charge on any atom is -0.380 e. The fraction of sp³-hybridized carbons (Fsp3) is 0.423. The Hall–Kier alpha value is -3.43. The molecule has 2 aromatic heterocycles. The summed E-state index contributed by atoms with van der Waals surface area (Å²) >= 11 is 0. The summed E-state index contributed by atoms with van der Waals surface area (Å²) < 4.78 is 7.54. The zero-order valence-electron chi connectivity index (χ0n) is 20.6.